The van der Waals surface area contributed by atoms with Gasteiger partial charge in [0.15, 0.2) is 5.82 Å². The van der Waals surface area contributed by atoms with E-state index in [0.29, 0.717) is 11.4 Å². The van der Waals surface area contributed by atoms with Crippen molar-refractivity contribution in [2.45, 2.75) is 13.8 Å². The number of amidine groups is 1. The number of fused-ring (bicyclic) bond motifs is 1. The second-order valence-corrected chi connectivity index (χ2v) is 4.51. The van der Waals surface area contributed by atoms with Gasteiger partial charge in [0.25, 0.3) is 0 Å². The molecule has 0 aliphatic rings. The maximum absolute atomic E-state index is 7.77. The van der Waals surface area contributed by atoms with Gasteiger partial charge in [-0.1, -0.05) is 17.3 Å². The van der Waals surface area contributed by atoms with Crippen LogP contribution in [0.2, 0.25) is 0 Å². The van der Waals surface area contributed by atoms with Crippen molar-refractivity contribution in [3.8, 4) is 5.82 Å². The number of nitrogens with zero attached hydrogens (tertiary/aromatic N) is 5. The topological polar surface area (TPSA) is 106 Å². The first-order valence-corrected chi connectivity index (χ1v) is 6.08. The van der Waals surface area contributed by atoms with E-state index < -0.39 is 0 Å². The summed E-state index contributed by atoms with van der Waals surface area (Å²) in [4.78, 5) is 0. The highest BCUT2D eigenvalue weighted by atomic mass is 15.5. The molecule has 20 heavy (non-hydrogen) atoms. The summed E-state index contributed by atoms with van der Waals surface area (Å²) >= 11 is 0. The lowest BCUT2D eigenvalue weighted by molar-refractivity contribution is 0.769. The maximum atomic E-state index is 7.77. The van der Waals surface area contributed by atoms with Gasteiger partial charge in [0.2, 0.25) is 0 Å². The SMILES string of the molecule is Cc1nnc(-n2nnc3ccccc32)c(C(=N)N)c1C. The number of benzene rings is 1. The Morgan fingerprint density at radius 1 is 1.15 bits per heavy atom. The van der Waals surface area contributed by atoms with Crippen LogP contribution in [0.25, 0.3) is 16.9 Å². The van der Waals surface area contributed by atoms with Gasteiger partial charge in [-0.15, -0.1) is 10.2 Å². The molecule has 7 heteroatoms. The molecule has 0 unspecified atom stereocenters. The monoisotopic (exact) mass is 267 g/mol. The lowest BCUT2D eigenvalue weighted by Crippen LogP contribution is -2.20. The average molecular weight is 267 g/mol. The highest BCUT2D eigenvalue weighted by Crippen LogP contribution is 2.20. The van der Waals surface area contributed by atoms with Gasteiger partial charge in [-0.05, 0) is 31.5 Å². The molecule has 3 N–H and O–H groups in total. The van der Waals surface area contributed by atoms with Crippen LogP contribution in [0, 0.1) is 19.3 Å². The van der Waals surface area contributed by atoms with Crippen LogP contribution in [0.1, 0.15) is 16.8 Å². The number of nitrogen functional groups attached to an aromatic ring is 1. The predicted molar refractivity (Wildman–Crippen MR) is 74.9 cm³/mol. The number of rotatable bonds is 2. The molecule has 0 spiro atoms. The first-order valence-electron chi connectivity index (χ1n) is 6.08. The summed E-state index contributed by atoms with van der Waals surface area (Å²) in [6, 6.07) is 7.53. The second kappa shape index (κ2) is 4.37. The third-order valence-electron chi connectivity index (χ3n) is 3.26. The summed E-state index contributed by atoms with van der Waals surface area (Å²) in [5, 5.41) is 24.2. The average Bonchev–Trinajstić information content (AvgIpc) is 2.85. The third kappa shape index (κ3) is 1.71. The molecule has 0 atom stereocenters. The van der Waals surface area contributed by atoms with E-state index in [1.165, 1.54) is 0 Å². The molecule has 100 valence electrons. The summed E-state index contributed by atoms with van der Waals surface area (Å²) < 4.78 is 1.56. The molecule has 0 saturated heterocycles. The Balaban J connectivity index is 2.35. The minimum absolute atomic E-state index is 0.0601. The zero-order valence-corrected chi connectivity index (χ0v) is 11.1. The molecule has 3 aromatic rings. The molecule has 2 heterocycles. The van der Waals surface area contributed by atoms with E-state index in [4.69, 9.17) is 11.1 Å². The fourth-order valence-corrected chi connectivity index (χ4v) is 2.09. The second-order valence-electron chi connectivity index (χ2n) is 4.51. The van der Waals surface area contributed by atoms with Gasteiger partial charge in [-0.25, -0.2) is 0 Å². The molecule has 1 aromatic carbocycles. The van der Waals surface area contributed by atoms with Crippen LogP contribution in [-0.4, -0.2) is 31.0 Å². The van der Waals surface area contributed by atoms with Crippen molar-refractivity contribution in [1.29, 1.82) is 5.41 Å². The van der Waals surface area contributed by atoms with Crippen LogP contribution in [-0.2, 0) is 0 Å². The van der Waals surface area contributed by atoms with Crippen LogP contribution in [0.5, 0.6) is 0 Å². The minimum atomic E-state index is -0.0601. The molecule has 0 aliphatic carbocycles. The van der Waals surface area contributed by atoms with Gasteiger partial charge in [0.05, 0.1) is 16.8 Å². The van der Waals surface area contributed by atoms with Crippen molar-refractivity contribution in [2.24, 2.45) is 5.73 Å². The van der Waals surface area contributed by atoms with Crippen molar-refractivity contribution < 1.29 is 0 Å². The van der Waals surface area contributed by atoms with Crippen molar-refractivity contribution in [1.82, 2.24) is 25.2 Å². The Kier molecular flexibility index (Phi) is 2.67. The van der Waals surface area contributed by atoms with E-state index in [-0.39, 0.29) is 5.84 Å². The molecule has 0 radical (unpaired) electrons. The number of aromatic nitrogens is 5. The fraction of sp³-hybridized carbons (Fsp3) is 0.154. The molecule has 7 nitrogen and oxygen atoms in total. The number of nitrogens with one attached hydrogen (secondary N) is 1. The zero-order valence-electron chi connectivity index (χ0n) is 11.1. The van der Waals surface area contributed by atoms with E-state index in [2.05, 4.69) is 20.5 Å². The van der Waals surface area contributed by atoms with Crippen LogP contribution >= 0.6 is 0 Å². The highest BCUT2D eigenvalue weighted by Gasteiger charge is 2.18. The molecule has 3 rings (SSSR count). The number of aryl methyl sites for hydroxylation is 1. The number of para-hydroxylation sites is 1. The largest absolute Gasteiger partial charge is 0.384 e. The van der Waals surface area contributed by atoms with E-state index in [1.54, 1.807) is 4.68 Å². The Bertz CT molecular complexity index is 819. The number of nitrogens with two attached hydrogens (primary N) is 1. The van der Waals surface area contributed by atoms with Crippen molar-refractivity contribution in [2.75, 3.05) is 0 Å². The van der Waals surface area contributed by atoms with Crippen LogP contribution in [0.3, 0.4) is 0 Å². The van der Waals surface area contributed by atoms with Gasteiger partial charge in [0, 0.05) is 0 Å². The molecule has 0 aliphatic heterocycles. The van der Waals surface area contributed by atoms with E-state index in [9.17, 15) is 0 Å². The zero-order chi connectivity index (χ0) is 14.3. The standard InChI is InChI=1S/C13H13N7/c1-7-8(2)16-18-13(11(7)12(14)15)20-10-6-4-3-5-9(10)17-19-20/h3-6H,1-2H3,(H3,14,15). The summed E-state index contributed by atoms with van der Waals surface area (Å²) in [6.07, 6.45) is 0. The predicted octanol–water partition coefficient (Wildman–Crippen LogP) is 1.11. The molecule has 2 aromatic heterocycles. The minimum Gasteiger partial charge on any atom is -0.384 e. The first-order chi connectivity index (χ1) is 9.59. The lowest BCUT2D eigenvalue weighted by Gasteiger charge is -2.11. The Morgan fingerprint density at radius 2 is 1.90 bits per heavy atom. The summed E-state index contributed by atoms with van der Waals surface area (Å²) in [5.41, 5.74) is 9.33. The molecule has 0 saturated carbocycles. The molecule has 0 amide bonds. The van der Waals surface area contributed by atoms with E-state index in [1.807, 2.05) is 38.1 Å². The number of hydrogen-bond donors (Lipinski definition) is 2. The maximum Gasteiger partial charge on any atom is 0.189 e. The molecule has 0 bridgehead atoms. The van der Waals surface area contributed by atoms with Crippen LogP contribution < -0.4 is 5.73 Å². The molecular formula is C13H13N7. The van der Waals surface area contributed by atoms with Crippen molar-refractivity contribution in [3.63, 3.8) is 0 Å². The van der Waals surface area contributed by atoms with Crippen molar-refractivity contribution in [3.05, 3.63) is 41.1 Å². The fourth-order valence-electron chi connectivity index (χ4n) is 2.09. The Hall–Kier alpha value is -2.83. The number of hydrogen-bond acceptors (Lipinski definition) is 5. The summed E-state index contributed by atoms with van der Waals surface area (Å²) in [6.45, 7) is 3.70. The van der Waals surface area contributed by atoms with E-state index in [0.717, 1.165) is 22.3 Å². The normalized spacial score (nSPS) is 10.9. The van der Waals surface area contributed by atoms with Gasteiger partial charge in [0.1, 0.15) is 11.4 Å². The van der Waals surface area contributed by atoms with Gasteiger partial charge in [-0.2, -0.15) is 9.78 Å². The van der Waals surface area contributed by atoms with Crippen LogP contribution in [0.15, 0.2) is 24.3 Å². The molecular weight excluding hydrogens is 254 g/mol. The van der Waals surface area contributed by atoms with Gasteiger partial charge in [-0.3, -0.25) is 5.41 Å². The Morgan fingerprint density at radius 3 is 2.65 bits per heavy atom. The summed E-state index contributed by atoms with van der Waals surface area (Å²) in [5.74, 6) is 0.365. The van der Waals surface area contributed by atoms with Gasteiger partial charge < -0.3 is 5.73 Å². The molecule has 0 fully saturated rings. The highest BCUT2D eigenvalue weighted by molar-refractivity contribution is 5.99. The van der Waals surface area contributed by atoms with E-state index >= 15 is 0 Å². The van der Waals surface area contributed by atoms with Crippen molar-refractivity contribution >= 4 is 16.9 Å². The smallest absolute Gasteiger partial charge is 0.189 e. The Labute approximate surface area is 114 Å². The van der Waals surface area contributed by atoms with Gasteiger partial charge >= 0.3 is 0 Å². The van der Waals surface area contributed by atoms with Crippen LogP contribution in [0.4, 0.5) is 0 Å². The quantitative estimate of drug-likeness (QED) is 0.534. The lowest BCUT2D eigenvalue weighted by atomic mass is 10.1. The first kappa shape index (κ1) is 12.2. The summed E-state index contributed by atoms with van der Waals surface area (Å²) in [7, 11) is 0. The third-order valence-corrected chi connectivity index (χ3v) is 3.26.